The maximum atomic E-state index is 12.9. The van der Waals surface area contributed by atoms with Gasteiger partial charge in [0.25, 0.3) is 5.56 Å². The number of aryl methyl sites for hydroxylation is 2. The minimum Gasteiger partial charge on any atom is -0.393 e. The first-order valence-corrected chi connectivity index (χ1v) is 9.37. The maximum Gasteiger partial charge on any atom is 0.332 e. The third-order valence-electron chi connectivity index (χ3n) is 4.03. The molecule has 9 heteroatoms. The summed E-state index contributed by atoms with van der Waals surface area (Å²) in [4.78, 5) is 30.0. The average Bonchev–Trinajstić information content (AvgIpc) is 2.93. The van der Waals surface area contributed by atoms with E-state index < -0.39 is 17.4 Å². The molecule has 1 N–H and O–H groups in total. The number of aromatic nitrogens is 4. The quantitative estimate of drug-likeness (QED) is 0.665. The van der Waals surface area contributed by atoms with Crippen molar-refractivity contribution in [2.75, 3.05) is 5.75 Å². The average molecular weight is 395 g/mol. The SMILES string of the molecule is CC(O)CSc1nc2c(c(=O)n(Cc3ccc(Cl)cc3)c(=O)n2C)n1C. The predicted molar refractivity (Wildman–Crippen MR) is 103 cm³/mol. The zero-order valence-corrected chi connectivity index (χ0v) is 16.2. The predicted octanol–water partition coefficient (Wildman–Crippen LogP) is 1.61. The van der Waals surface area contributed by atoms with Gasteiger partial charge in [-0.1, -0.05) is 35.5 Å². The summed E-state index contributed by atoms with van der Waals surface area (Å²) in [6.07, 6.45) is -0.495. The fraction of sp³-hybridized carbons (Fsp3) is 0.353. The van der Waals surface area contributed by atoms with Crippen LogP contribution in [0.1, 0.15) is 12.5 Å². The molecule has 0 saturated heterocycles. The molecule has 3 aromatic rings. The lowest BCUT2D eigenvalue weighted by Crippen LogP contribution is -2.39. The molecule has 2 aromatic heterocycles. The molecule has 0 radical (unpaired) electrons. The Bertz CT molecular complexity index is 1070. The van der Waals surface area contributed by atoms with Crippen LogP contribution in [0.4, 0.5) is 0 Å². The highest BCUT2D eigenvalue weighted by atomic mass is 35.5. The Hall–Kier alpha value is -2.03. The van der Waals surface area contributed by atoms with E-state index >= 15 is 0 Å². The summed E-state index contributed by atoms with van der Waals surface area (Å²) in [5, 5.41) is 10.6. The van der Waals surface area contributed by atoms with Crippen molar-refractivity contribution in [3.8, 4) is 0 Å². The van der Waals surface area contributed by atoms with Crippen LogP contribution in [0.25, 0.3) is 11.2 Å². The van der Waals surface area contributed by atoms with Crippen molar-refractivity contribution in [2.45, 2.75) is 24.7 Å². The molecule has 3 rings (SSSR count). The second-order valence-electron chi connectivity index (χ2n) is 6.14. The van der Waals surface area contributed by atoms with Gasteiger partial charge in [-0.2, -0.15) is 0 Å². The summed E-state index contributed by atoms with van der Waals surface area (Å²) in [5.74, 6) is 0.448. The molecule has 1 aromatic carbocycles. The molecule has 0 aliphatic heterocycles. The van der Waals surface area contributed by atoms with E-state index in [4.69, 9.17) is 11.6 Å². The largest absolute Gasteiger partial charge is 0.393 e. The molecule has 0 fully saturated rings. The third kappa shape index (κ3) is 3.44. The number of benzene rings is 1. The van der Waals surface area contributed by atoms with E-state index in [-0.39, 0.29) is 6.54 Å². The standard InChI is InChI=1S/C17H19ClN4O3S/c1-10(23)9-26-16-19-14-13(20(16)2)15(24)22(17(25)21(14)3)8-11-4-6-12(18)7-5-11/h4-7,10,23H,8-9H2,1-3H3. The van der Waals surface area contributed by atoms with Crippen LogP contribution in [0.15, 0.2) is 39.0 Å². The van der Waals surface area contributed by atoms with E-state index in [0.29, 0.717) is 27.1 Å². The van der Waals surface area contributed by atoms with Gasteiger partial charge >= 0.3 is 5.69 Å². The Morgan fingerprint density at radius 2 is 1.85 bits per heavy atom. The molecule has 138 valence electrons. The van der Waals surface area contributed by atoms with Crippen molar-refractivity contribution in [2.24, 2.45) is 14.1 Å². The van der Waals surface area contributed by atoms with E-state index in [1.165, 1.54) is 20.9 Å². The smallest absolute Gasteiger partial charge is 0.332 e. The summed E-state index contributed by atoms with van der Waals surface area (Å²) in [6, 6.07) is 7.01. The minimum atomic E-state index is -0.495. The number of imidazole rings is 1. The van der Waals surface area contributed by atoms with E-state index in [2.05, 4.69) is 4.98 Å². The van der Waals surface area contributed by atoms with Gasteiger partial charge in [-0.05, 0) is 24.6 Å². The van der Waals surface area contributed by atoms with Crippen LogP contribution in [-0.2, 0) is 20.6 Å². The summed E-state index contributed by atoms with van der Waals surface area (Å²) in [5.41, 5.74) is 0.676. The van der Waals surface area contributed by atoms with Crippen LogP contribution in [0.5, 0.6) is 0 Å². The number of aliphatic hydroxyl groups is 1. The molecule has 0 saturated carbocycles. The van der Waals surface area contributed by atoms with Gasteiger partial charge in [-0.15, -0.1) is 0 Å². The molecule has 0 aliphatic carbocycles. The highest BCUT2D eigenvalue weighted by Crippen LogP contribution is 2.20. The van der Waals surface area contributed by atoms with Crippen LogP contribution < -0.4 is 11.2 Å². The number of rotatable bonds is 5. The van der Waals surface area contributed by atoms with E-state index in [1.807, 2.05) is 0 Å². The lowest BCUT2D eigenvalue weighted by atomic mass is 10.2. The molecule has 0 bridgehead atoms. The lowest BCUT2D eigenvalue weighted by molar-refractivity contribution is 0.220. The van der Waals surface area contributed by atoms with E-state index in [0.717, 1.165) is 5.56 Å². The number of fused-ring (bicyclic) bond motifs is 1. The first-order chi connectivity index (χ1) is 12.3. The number of nitrogens with zero attached hydrogens (tertiary/aromatic N) is 4. The summed E-state index contributed by atoms with van der Waals surface area (Å²) in [7, 11) is 3.33. The normalized spacial score (nSPS) is 12.7. The van der Waals surface area contributed by atoms with Crippen LogP contribution in [-0.4, -0.2) is 35.6 Å². The Morgan fingerprint density at radius 1 is 1.19 bits per heavy atom. The number of thioether (sulfide) groups is 1. The molecule has 0 aliphatic rings. The Labute approximate surface area is 158 Å². The molecule has 26 heavy (non-hydrogen) atoms. The minimum absolute atomic E-state index is 0.153. The van der Waals surface area contributed by atoms with Crippen LogP contribution in [0.2, 0.25) is 5.02 Å². The van der Waals surface area contributed by atoms with Crippen LogP contribution >= 0.6 is 23.4 Å². The van der Waals surface area contributed by atoms with Crippen molar-refractivity contribution >= 4 is 34.5 Å². The molecule has 1 atom stereocenters. The van der Waals surface area contributed by atoms with Crippen molar-refractivity contribution < 1.29 is 5.11 Å². The molecular weight excluding hydrogens is 376 g/mol. The fourth-order valence-corrected chi connectivity index (χ4v) is 3.61. The molecule has 0 amide bonds. The van der Waals surface area contributed by atoms with Gasteiger partial charge in [0, 0.05) is 24.9 Å². The van der Waals surface area contributed by atoms with Crippen LogP contribution in [0, 0.1) is 0 Å². The van der Waals surface area contributed by atoms with Gasteiger partial charge in [0.1, 0.15) is 0 Å². The highest BCUT2D eigenvalue weighted by Gasteiger charge is 2.19. The molecule has 2 heterocycles. The van der Waals surface area contributed by atoms with Gasteiger partial charge in [0.15, 0.2) is 16.3 Å². The summed E-state index contributed by atoms with van der Waals surface area (Å²) >= 11 is 7.23. The van der Waals surface area contributed by atoms with Crippen LogP contribution in [0.3, 0.4) is 0 Å². The lowest BCUT2D eigenvalue weighted by Gasteiger charge is -2.09. The maximum absolute atomic E-state index is 12.9. The zero-order chi connectivity index (χ0) is 19.0. The van der Waals surface area contributed by atoms with E-state index in [1.54, 1.807) is 49.9 Å². The monoisotopic (exact) mass is 394 g/mol. The van der Waals surface area contributed by atoms with Crippen molar-refractivity contribution in [3.05, 3.63) is 55.7 Å². The molecule has 1 unspecified atom stereocenters. The van der Waals surface area contributed by atoms with Crippen molar-refractivity contribution in [1.82, 2.24) is 18.7 Å². The molecule has 0 spiro atoms. The number of halogens is 1. The van der Waals surface area contributed by atoms with Crippen molar-refractivity contribution in [1.29, 1.82) is 0 Å². The summed E-state index contributed by atoms with van der Waals surface area (Å²) in [6.45, 7) is 1.84. The Kier molecular flexibility index (Phi) is 5.27. The molecule has 7 nitrogen and oxygen atoms in total. The highest BCUT2D eigenvalue weighted by molar-refractivity contribution is 7.99. The van der Waals surface area contributed by atoms with Gasteiger partial charge in [0.05, 0.1) is 12.6 Å². The Morgan fingerprint density at radius 3 is 2.46 bits per heavy atom. The Balaban J connectivity index is 2.13. The van der Waals surface area contributed by atoms with Gasteiger partial charge in [0.2, 0.25) is 0 Å². The zero-order valence-electron chi connectivity index (χ0n) is 14.6. The third-order valence-corrected chi connectivity index (χ3v) is 5.55. The fourth-order valence-electron chi connectivity index (χ4n) is 2.66. The van der Waals surface area contributed by atoms with Gasteiger partial charge in [-0.25, -0.2) is 9.78 Å². The van der Waals surface area contributed by atoms with Gasteiger partial charge in [-0.3, -0.25) is 13.9 Å². The first-order valence-electron chi connectivity index (χ1n) is 8.01. The second-order valence-corrected chi connectivity index (χ2v) is 7.57. The number of aliphatic hydroxyl groups excluding tert-OH is 1. The van der Waals surface area contributed by atoms with Gasteiger partial charge < -0.3 is 9.67 Å². The number of hydrogen-bond acceptors (Lipinski definition) is 5. The van der Waals surface area contributed by atoms with Crippen molar-refractivity contribution in [3.63, 3.8) is 0 Å². The topological polar surface area (TPSA) is 82.1 Å². The second kappa shape index (κ2) is 7.30. The summed E-state index contributed by atoms with van der Waals surface area (Å²) < 4.78 is 4.23. The number of hydrogen-bond donors (Lipinski definition) is 1. The first kappa shape index (κ1) is 18.8. The molecular formula is C17H19ClN4O3S. The van der Waals surface area contributed by atoms with E-state index in [9.17, 15) is 14.7 Å².